The first kappa shape index (κ1) is 18.0. The summed E-state index contributed by atoms with van der Waals surface area (Å²) < 4.78 is 49.1. The van der Waals surface area contributed by atoms with Gasteiger partial charge in [0.15, 0.2) is 12.4 Å². The zero-order valence-corrected chi connectivity index (χ0v) is 13.7. The molecule has 3 rings (SSSR count). The van der Waals surface area contributed by atoms with Crippen molar-refractivity contribution in [2.24, 2.45) is 0 Å². The molecule has 26 heavy (non-hydrogen) atoms. The molecule has 0 radical (unpaired) electrons. The van der Waals surface area contributed by atoms with Gasteiger partial charge in [-0.05, 0) is 36.4 Å². The van der Waals surface area contributed by atoms with E-state index in [4.69, 9.17) is 20.8 Å². The van der Waals surface area contributed by atoms with Crippen molar-refractivity contribution in [3.63, 3.8) is 0 Å². The van der Waals surface area contributed by atoms with E-state index in [9.17, 15) is 22.8 Å². The van der Waals surface area contributed by atoms with E-state index in [1.54, 1.807) is 12.1 Å². The minimum Gasteiger partial charge on any atom is -0.485 e. The largest absolute Gasteiger partial charge is 0.485 e. The van der Waals surface area contributed by atoms with E-state index in [0.717, 1.165) is 12.1 Å². The van der Waals surface area contributed by atoms with Crippen LogP contribution in [0.4, 0.5) is 13.2 Å². The minimum atomic E-state index is -4.69. The molecule has 0 spiro atoms. The summed E-state index contributed by atoms with van der Waals surface area (Å²) in [6, 6.07) is 10.1. The van der Waals surface area contributed by atoms with E-state index >= 15 is 0 Å². The number of ether oxygens (including phenoxy) is 1. The van der Waals surface area contributed by atoms with Crippen molar-refractivity contribution in [3.05, 3.63) is 75.1 Å². The van der Waals surface area contributed by atoms with Crippen molar-refractivity contribution in [2.75, 3.05) is 6.61 Å². The number of ketones is 1. The third-order valence-corrected chi connectivity index (χ3v) is 3.81. The fourth-order valence-electron chi connectivity index (χ4n) is 2.34. The summed E-state index contributed by atoms with van der Waals surface area (Å²) in [6.45, 7) is -0.337. The lowest BCUT2D eigenvalue weighted by Crippen LogP contribution is -2.12. The van der Waals surface area contributed by atoms with Crippen molar-refractivity contribution in [2.45, 2.75) is 6.18 Å². The first-order valence-corrected chi connectivity index (χ1v) is 7.68. The molecule has 0 N–H and O–H groups in total. The fraction of sp³-hybridized carbons (Fsp3) is 0.111. The molecular formula is C18H10ClF3O4. The Balaban J connectivity index is 1.84. The monoisotopic (exact) mass is 382 g/mol. The highest BCUT2D eigenvalue weighted by Gasteiger charge is 2.33. The Kier molecular flexibility index (Phi) is 4.73. The summed E-state index contributed by atoms with van der Waals surface area (Å²) in [5.74, 6) is -0.241. The lowest BCUT2D eigenvalue weighted by atomic mass is 10.1. The molecule has 0 saturated heterocycles. The number of benzene rings is 2. The normalized spacial score (nSPS) is 11.5. The van der Waals surface area contributed by atoms with Crippen LogP contribution >= 0.6 is 11.6 Å². The third kappa shape index (κ3) is 3.88. The van der Waals surface area contributed by atoms with Gasteiger partial charge in [0.25, 0.3) is 0 Å². The van der Waals surface area contributed by atoms with Crippen LogP contribution in [-0.4, -0.2) is 12.4 Å². The van der Waals surface area contributed by atoms with Gasteiger partial charge in [-0.3, -0.25) is 4.79 Å². The number of Topliss-reactive ketones (excluding diaryl/α,β-unsaturated/α-hetero) is 1. The second-order valence-corrected chi connectivity index (χ2v) is 5.79. The van der Waals surface area contributed by atoms with Crippen LogP contribution in [-0.2, 0) is 6.18 Å². The van der Waals surface area contributed by atoms with Gasteiger partial charge >= 0.3 is 11.8 Å². The number of rotatable bonds is 4. The number of carbonyl (C=O) groups excluding carboxylic acids is 1. The molecule has 134 valence electrons. The van der Waals surface area contributed by atoms with Crippen LogP contribution in [0.1, 0.15) is 15.9 Å². The molecule has 0 aliphatic carbocycles. The second kappa shape index (κ2) is 6.84. The third-order valence-electron chi connectivity index (χ3n) is 3.56. The topological polar surface area (TPSA) is 56.5 Å². The second-order valence-electron chi connectivity index (χ2n) is 5.35. The first-order valence-electron chi connectivity index (χ1n) is 7.31. The highest BCUT2D eigenvalue weighted by atomic mass is 35.5. The molecular weight excluding hydrogens is 373 g/mol. The Morgan fingerprint density at radius 2 is 1.77 bits per heavy atom. The standard InChI is InChI=1S/C18H10ClF3O4/c19-11-3-1-10(2-4-11)15(23)9-25-12-5-6-13-14(18(20,21)22)8-17(24)26-16(13)7-12/h1-8H,9H2. The lowest BCUT2D eigenvalue weighted by Gasteiger charge is -2.10. The van der Waals surface area contributed by atoms with Crippen molar-refractivity contribution >= 4 is 28.4 Å². The number of hydrogen-bond donors (Lipinski definition) is 0. The van der Waals surface area contributed by atoms with Gasteiger partial charge in [0, 0.05) is 28.1 Å². The fourth-order valence-corrected chi connectivity index (χ4v) is 2.46. The van der Waals surface area contributed by atoms with Crippen molar-refractivity contribution in [1.82, 2.24) is 0 Å². The first-order chi connectivity index (χ1) is 12.2. The number of carbonyl (C=O) groups is 1. The molecule has 4 nitrogen and oxygen atoms in total. The molecule has 8 heteroatoms. The van der Waals surface area contributed by atoms with Gasteiger partial charge in [0.1, 0.15) is 11.3 Å². The van der Waals surface area contributed by atoms with Gasteiger partial charge in [-0.1, -0.05) is 11.6 Å². The van der Waals surface area contributed by atoms with Gasteiger partial charge in [-0.15, -0.1) is 0 Å². The Morgan fingerprint density at radius 1 is 1.08 bits per heavy atom. The van der Waals surface area contributed by atoms with E-state index in [1.165, 1.54) is 18.2 Å². The maximum absolute atomic E-state index is 13.0. The Labute approximate surface area is 149 Å². The van der Waals surface area contributed by atoms with Gasteiger partial charge in [0.05, 0.1) is 5.56 Å². The van der Waals surface area contributed by atoms with E-state index in [0.29, 0.717) is 16.7 Å². The number of fused-ring (bicyclic) bond motifs is 1. The van der Waals surface area contributed by atoms with Crippen LogP contribution in [0.2, 0.25) is 5.02 Å². The summed E-state index contributed by atoms with van der Waals surface area (Å²) in [6.07, 6.45) is -4.69. The number of alkyl halides is 3. The maximum Gasteiger partial charge on any atom is 0.417 e. The van der Waals surface area contributed by atoms with Crippen LogP contribution in [0.5, 0.6) is 5.75 Å². The molecule has 0 unspecified atom stereocenters. The molecule has 0 amide bonds. The van der Waals surface area contributed by atoms with Gasteiger partial charge < -0.3 is 9.15 Å². The molecule has 3 aromatic rings. The molecule has 2 aromatic carbocycles. The Morgan fingerprint density at radius 3 is 2.42 bits per heavy atom. The van der Waals surface area contributed by atoms with Crippen LogP contribution in [0.15, 0.2) is 57.7 Å². The molecule has 1 heterocycles. The van der Waals surface area contributed by atoms with Crippen LogP contribution < -0.4 is 10.4 Å². The highest BCUT2D eigenvalue weighted by Crippen LogP contribution is 2.34. The van der Waals surface area contributed by atoms with Crippen molar-refractivity contribution in [1.29, 1.82) is 0 Å². The average molecular weight is 383 g/mol. The predicted octanol–water partition coefficient (Wildman–Crippen LogP) is 4.73. The summed E-state index contributed by atoms with van der Waals surface area (Å²) in [5, 5.41) is 0.209. The van der Waals surface area contributed by atoms with Crippen LogP contribution in [0, 0.1) is 0 Å². The highest BCUT2D eigenvalue weighted by molar-refractivity contribution is 6.30. The van der Waals surface area contributed by atoms with E-state index in [1.807, 2.05) is 0 Å². The lowest BCUT2D eigenvalue weighted by molar-refractivity contribution is -0.136. The molecule has 0 fully saturated rings. The summed E-state index contributed by atoms with van der Waals surface area (Å²) in [5.41, 5.74) is -2.12. The summed E-state index contributed by atoms with van der Waals surface area (Å²) in [7, 11) is 0. The Hall–Kier alpha value is -2.80. The SMILES string of the molecule is O=C(COc1ccc2c(C(F)(F)F)cc(=O)oc2c1)c1ccc(Cl)cc1. The number of hydrogen-bond acceptors (Lipinski definition) is 4. The molecule has 0 bridgehead atoms. The molecule has 0 aliphatic heterocycles. The molecule has 0 saturated carbocycles. The van der Waals surface area contributed by atoms with E-state index in [-0.39, 0.29) is 29.1 Å². The minimum absolute atomic E-state index is 0.0993. The smallest absolute Gasteiger partial charge is 0.417 e. The van der Waals surface area contributed by atoms with E-state index < -0.39 is 17.4 Å². The van der Waals surface area contributed by atoms with Crippen LogP contribution in [0.25, 0.3) is 11.0 Å². The molecule has 1 aromatic heterocycles. The number of halogens is 4. The zero-order chi connectivity index (χ0) is 18.9. The summed E-state index contributed by atoms with van der Waals surface area (Å²) in [4.78, 5) is 23.4. The molecule has 0 aliphatic rings. The predicted molar refractivity (Wildman–Crippen MR) is 88.8 cm³/mol. The van der Waals surface area contributed by atoms with Crippen molar-refractivity contribution in [3.8, 4) is 5.75 Å². The van der Waals surface area contributed by atoms with Crippen LogP contribution in [0.3, 0.4) is 0 Å². The quantitative estimate of drug-likeness (QED) is 0.483. The Bertz CT molecular complexity index is 1020. The van der Waals surface area contributed by atoms with E-state index in [2.05, 4.69) is 0 Å². The van der Waals surface area contributed by atoms with Gasteiger partial charge in [-0.2, -0.15) is 13.2 Å². The van der Waals surface area contributed by atoms with Gasteiger partial charge in [0.2, 0.25) is 0 Å². The maximum atomic E-state index is 13.0. The van der Waals surface area contributed by atoms with Gasteiger partial charge in [-0.25, -0.2) is 4.79 Å². The molecule has 0 atom stereocenters. The average Bonchev–Trinajstić information content (AvgIpc) is 2.58. The zero-order valence-electron chi connectivity index (χ0n) is 13.0. The summed E-state index contributed by atoms with van der Waals surface area (Å²) >= 11 is 5.74. The van der Waals surface area contributed by atoms with Crippen molar-refractivity contribution < 1.29 is 27.1 Å².